The van der Waals surface area contributed by atoms with Crippen LogP contribution in [-0.2, 0) is 13.6 Å². The molecule has 0 amide bonds. The van der Waals surface area contributed by atoms with E-state index >= 15 is 0 Å². The number of aryl methyl sites for hydroxylation is 1. The lowest BCUT2D eigenvalue weighted by Crippen LogP contribution is -2.40. The number of hydrogen-bond donors (Lipinski definition) is 1. The normalized spacial score (nSPS) is 15.9. The van der Waals surface area contributed by atoms with Crippen LogP contribution in [0.5, 0.6) is 0 Å². The third-order valence-corrected chi connectivity index (χ3v) is 5.60. The Morgan fingerprint density at radius 2 is 1.96 bits per heavy atom. The summed E-state index contributed by atoms with van der Waals surface area (Å²) in [4.78, 5) is 6.83. The van der Waals surface area contributed by atoms with Gasteiger partial charge in [-0.2, -0.15) is 5.26 Å². The quantitative estimate of drug-likeness (QED) is 0.777. The molecule has 0 radical (unpaired) electrons. The van der Waals surface area contributed by atoms with Crippen LogP contribution in [0.1, 0.15) is 24.0 Å². The summed E-state index contributed by atoms with van der Waals surface area (Å²) >= 11 is 0. The Hall–Kier alpha value is -2.68. The highest BCUT2D eigenvalue weighted by molar-refractivity contribution is 5.94. The number of rotatable bonds is 4. The molecule has 1 N–H and O–H groups in total. The van der Waals surface area contributed by atoms with Crippen molar-refractivity contribution in [2.75, 3.05) is 20.1 Å². The van der Waals surface area contributed by atoms with E-state index in [0.29, 0.717) is 6.04 Å². The fourth-order valence-electron chi connectivity index (χ4n) is 4.03. The molecular formula is C22H25N5. The maximum Gasteiger partial charge on any atom is 0.102 e. The highest BCUT2D eigenvalue weighted by atomic mass is 15.1. The van der Waals surface area contributed by atoms with E-state index < -0.39 is 0 Å². The van der Waals surface area contributed by atoms with Crippen molar-refractivity contribution in [3.8, 4) is 17.3 Å². The minimum Gasteiger partial charge on any atom is -0.342 e. The van der Waals surface area contributed by atoms with E-state index in [0.717, 1.165) is 52.9 Å². The van der Waals surface area contributed by atoms with Gasteiger partial charge in [0, 0.05) is 48.5 Å². The molecule has 2 aromatic heterocycles. The molecule has 3 heterocycles. The second-order valence-corrected chi connectivity index (χ2v) is 7.45. The van der Waals surface area contributed by atoms with Crippen molar-refractivity contribution < 1.29 is 0 Å². The number of nitriles is 1. The molecule has 27 heavy (non-hydrogen) atoms. The molecule has 0 saturated carbocycles. The number of piperidine rings is 1. The van der Waals surface area contributed by atoms with Crippen molar-refractivity contribution in [3.05, 3.63) is 53.9 Å². The Kier molecular flexibility index (Phi) is 4.93. The molecule has 1 saturated heterocycles. The van der Waals surface area contributed by atoms with E-state index in [9.17, 15) is 5.26 Å². The van der Waals surface area contributed by atoms with Crippen molar-refractivity contribution in [1.29, 1.82) is 5.26 Å². The van der Waals surface area contributed by atoms with Gasteiger partial charge in [0.15, 0.2) is 0 Å². The second-order valence-electron chi connectivity index (χ2n) is 7.45. The summed E-state index contributed by atoms with van der Waals surface area (Å²) < 4.78 is 2.10. The minimum absolute atomic E-state index is 0.567. The van der Waals surface area contributed by atoms with E-state index in [2.05, 4.69) is 45.0 Å². The van der Waals surface area contributed by atoms with Crippen molar-refractivity contribution in [3.63, 3.8) is 0 Å². The average Bonchev–Trinajstić information content (AvgIpc) is 3.00. The molecule has 1 aliphatic heterocycles. The molecule has 4 rings (SSSR count). The SMILES string of the molecule is CN1CCC(NCc2cncc(-c3c(C#N)c4ccccc4n3C)c2)CC1. The number of fused-ring (bicyclic) bond motifs is 1. The van der Waals surface area contributed by atoms with Gasteiger partial charge in [-0.25, -0.2) is 0 Å². The minimum atomic E-state index is 0.567. The molecular weight excluding hydrogens is 334 g/mol. The van der Waals surface area contributed by atoms with Gasteiger partial charge in [-0.15, -0.1) is 0 Å². The van der Waals surface area contributed by atoms with Crippen molar-refractivity contribution in [2.24, 2.45) is 7.05 Å². The van der Waals surface area contributed by atoms with Gasteiger partial charge in [-0.05, 0) is 50.7 Å². The van der Waals surface area contributed by atoms with Gasteiger partial charge in [-0.1, -0.05) is 18.2 Å². The molecule has 5 nitrogen and oxygen atoms in total. The van der Waals surface area contributed by atoms with Gasteiger partial charge in [0.25, 0.3) is 0 Å². The van der Waals surface area contributed by atoms with Crippen LogP contribution in [0.15, 0.2) is 42.7 Å². The summed E-state index contributed by atoms with van der Waals surface area (Å²) in [5.74, 6) is 0. The fraction of sp³-hybridized carbons (Fsp3) is 0.364. The molecule has 3 aromatic rings. The molecule has 1 aromatic carbocycles. The summed E-state index contributed by atoms with van der Waals surface area (Å²) in [6, 6.07) is 13.2. The van der Waals surface area contributed by atoms with E-state index in [-0.39, 0.29) is 0 Å². The Morgan fingerprint density at radius 1 is 1.19 bits per heavy atom. The number of nitrogens with zero attached hydrogens (tertiary/aromatic N) is 4. The van der Waals surface area contributed by atoms with Crippen LogP contribution in [-0.4, -0.2) is 40.6 Å². The largest absolute Gasteiger partial charge is 0.342 e. The molecule has 0 atom stereocenters. The first-order valence-electron chi connectivity index (χ1n) is 9.51. The fourth-order valence-corrected chi connectivity index (χ4v) is 4.03. The molecule has 5 heteroatoms. The van der Waals surface area contributed by atoms with Crippen LogP contribution in [0.3, 0.4) is 0 Å². The summed E-state index contributed by atoms with van der Waals surface area (Å²) in [5, 5.41) is 14.4. The van der Waals surface area contributed by atoms with Crippen molar-refractivity contribution in [1.82, 2.24) is 19.8 Å². The predicted molar refractivity (Wildman–Crippen MR) is 108 cm³/mol. The van der Waals surface area contributed by atoms with Gasteiger partial charge in [-0.3, -0.25) is 4.98 Å². The number of benzene rings is 1. The van der Waals surface area contributed by atoms with Gasteiger partial charge in [0.2, 0.25) is 0 Å². The predicted octanol–water partition coefficient (Wildman–Crippen LogP) is 3.30. The molecule has 0 aliphatic carbocycles. The van der Waals surface area contributed by atoms with Gasteiger partial charge in [0.05, 0.1) is 11.3 Å². The van der Waals surface area contributed by atoms with E-state index in [1.807, 2.05) is 37.6 Å². The van der Waals surface area contributed by atoms with Crippen LogP contribution in [0.4, 0.5) is 0 Å². The smallest absolute Gasteiger partial charge is 0.102 e. The zero-order chi connectivity index (χ0) is 18.8. The summed E-state index contributed by atoms with van der Waals surface area (Å²) in [6.45, 7) is 3.11. The third-order valence-electron chi connectivity index (χ3n) is 5.60. The van der Waals surface area contributed by atoms with Crippen LogP contribution in [0.25, 0.3) is 22.2 Å². The zero-order valence-corrected chi connectivity index (χ0v) is 15.9. The van der Waals surface area contributed by atoms with Crippen molar-refractivity contribution in [2.45, 2.75) is 25.4 Å². The zero-order valence-electron chi connectivity index (χ0n) is 15.9. The summed E-state index contributed by atoms with van der Waals surface area (Å²) in [7, 11) is 4.20. The summed E-state index contributed by atoms with van der Waals surface area (Å²) in [6.07, 6.45) is 6.14. The van der Waals surface area contributed by atoms with Gasteiger partial charge in [0.1, 0.15) is 6.07 Å². The van der Waals surface area contributed by atoms with E-state index in [1.165, 1.54) is 12.8 Å². The standard InChI is InChI=1S/C22H25N5/c1-26-9-7-18(8-10-26)25-14-16-11-17(15-24-13-16)22-20(12-23)19-5-3-4-6-21(19)27(22)2/h3-6,11,13,15,18,25H,7-10,14H2,1-2H3. The molecule has 1 fully saturated rings. The monoisotopic (exact) mass is 359 g/mol. The summed E-state index contributed by atoms with van der Waals surface area (Å²) in [5.41, 5.74) is 4.87. The number of likely N-dealkylation sites (tertiary alicyclic amines) is 1. The maximum atomic E-state index is 9.76. The number of aromatic nitrogens is 2. The van der Waals surface area contributed by atoms with Gasteiger partial charge < -0.3 is 14.8 Å². The first-order valence-corrected chi connectivity index (χ1v) is 9.51. The molecule has 138 valence electrons. The first kappa shape index (κ1) is 17.7. The first-order chi connectivity index (χ1) is 13.2. The second kappa shape index (κ2) is 7.51. The Bertz CT molecular complexity index is 990. The van der Waals surface area contributed by atoms with E-state index in [1.54, 1.807) is 0 Å². The highest BCUT2D eigenvalue weighted by Crippen LogP contribution is 2.32. The lowest BCUT2D eigenvalue weighted by atomic mass is 10.0. The molecule has 0 spiro atoms. The van der Waals surface area contributed by atoms with Crippen molar-refractivity contribution >= 4 is 10.9 Å². The third kappa shape index (κ3) is 3.46. The van der Waals surface area contributed by atoms with Crippen LogP contribution < -0.4 is 5.32 Å². The van der Waals surface area contributed by atoms with E-state index in [4.69, 9.17) is 0 Å². The topological polar surface area (TPSA) is 56.9 Å². The number of nitrogens with one attached hydrogen (secondary N) is 1. The molecule has 0 unspecified atom stereocenters. The van der Waals surface area contributed by atoms with Crippen LogP contribution >= 0.6 is 0 Å². The number of hydrogen-bond acceptors (Lipinski definition) is 4. The van der Waals surface area contributed by atoms with Gasteiger partial charge >= 0.3 is 0 Å². The van der Waals surface area contributed by atoms with Crippen LogP contribution in [0, 0.1) is 11.3 Å². The Labute approximate surface area is 160 Å². The lowest BCUT2D eigenvalue weighted by Gasteiger charge is -2.29. The Morgan fingerprint density at radius 3 is 2.74 bits per heavy atom. The number of para-hydroxylation sites is 1. The molecule has 1 aliphatic rings. The molecule has 0 bridgehead atoms. The average molecular weight is 359 g/mol. The maximum absolute atomic E-state index is 9.76. The highest BCUT2D eigenvalue weighted by Gasteiger charge is 2.18. The van der Waals surface area contributed by atoms with Crippen LogP contribution in [0.2, 0.25) is 0 Å². The Balaban J connectivity index is 1.61. The lowest BCUT2D eigenvalue weighted by molar-refractivity contribution is 0.234. The number of pyridine rings is 1.